The van der Waals surface area contributed by atoms with Crippen molar-refractivity contribution in [3.05, 3.63) is 33.9 Å². The van der Waals surface area contributed by atoms with Crippen LogP contribution in [0.1, 0.15) is 26.3 Å². The Bertz CT molecular complexity index is 491. The van der Waals surface area contributed by atoms with Crippen molar-refractivity contribution in [3.8, 4) is 6.07 Å². The summed E-state index contributed by atoms with van der Waals surface area (Å²) in [6.07, 6.45) is 0. The first kappa shape index (κ1) is 14.0. The lowest BCUT2D eigenvalue weighted by molar-refractivity contribution is -0.385. The Labute approximate surface area is 107 Å². The molecule has 0 saturated heterocycles. The fourth-order valence-electron chi connectivity index (χ4n) is 1.67. The first-order valence-corrected chi connectivity index (χ1v) is 5.79. The largest absolute Gasteiger partial charge is 0.372 e. The van der Waals surface area contributed by atoms with Gasteiger partial charge >= 0.3 is 0 Å². The molecule has 1 unspecified atom stereocenters. The van der Waals surface area contributed by atoms with E-state index in [9.17, 15) is 10.1 Å². The molecule has 0 heterocycles. The van der Waals surface area contributed by atoms with Gasteiger partial charge in [0.1, 0.15) is 11.6 Å². The van der Waals surface area contributed by atoms with E-state index < -0.39 is 4.92 Å². The van der Waals surface area contributed by atoms with E-state index in [2.05, 4.69) is 20.8 Å². The Balaban J connectivity index is 3.14. The van der Waals surface area contributed by atoms with Gasteiger partial charge in [0.15, 0.2) is 0 Å². The van der Waals surface area contributed by atoms with E-state index in [1.54, 1.807) is 12.1 Å². The molecule has 0 N–H and O–H groups in total. The molecule has 1 atom stereocenters. The van der Waals surface area contributed by atoms with Gasteiger partial charge in [0.2, 0.25) is 0 Å². The minimum Gasteiger partial charge on any atom is -0.372 e. The SMILES string of the molecule is CC(C)C(C)N(C)c1ccc([N+](=O)[O-])c(C#N)c1. The van der Waals surface area contributed by atoms with Crippen molar-refractivity contribution in [1.82, 2.24) is 0 Å². The molecule has 5 nitrogen and oxygen atoms in total. The van der Waals surface area contributed by atoms with Crippen LogP contribution < -0.4 is 4.90 Å². The molecular formula is C13H17N3O2. The fraction of sp³-hybridized carbons (Fsp3) is 0.462. The van der Waals surface area contributed by atoms with Gasteiger partial charge in [0.05, 0.1) is 4.92 Å². The van der Waals surface area contributed by atoms with Crippen molar-refractivity contribution >= 4 is 11.4 Å². The molecule has 5 heteroatoms. The minimum absolute atomic E-state index is 0.0975. The van der Waals surface area contributed by atoms with Crippen molar-refractivity contribution in [2.75, 3.05) is 11.9 Å². The second-order valence-corrected chi connectivity index (χ2v) is 4.67. The minimum atomic E-state index is -0.534. The van der Waals surface area contributed by atoms with Crippen LogP contribution in [-0.4, -0.2) is 18.0 Å². The maximum atomic E-state index is 10.7. The maximum absolute atomic E-state index is 10.7. The molecule has 1 rings (SSSR count). The highest BCUT2D eigenvalue weighted by atomic mass is 16.6. The third-order valence-electron chi connectivity index (χ3n) is 3.28. The Morgan fingerprint density at radius 2 is 2.00 bits per heavy atom. The van der Waals surface area contributed by atoms with Crippen LogP contribution in [0.4, 0.5) is 11.4 Å². The Kier molecular flexibility index (Phi) is 4.27. The van der Waals surface area contributed by atoms with Crippen LogP contribution in [0.15, 0.2) is 18.2 Å². The van der Waals surface area contributed by atoms with Gasteiger partial charge in [-0.25, -0.2) is 0 Å². The summed E-state index contributed by atoms with van der Waals surface area (Å²) in [5, 5.41) is 19.7. The number of rotatable bonds is 4. The van der Waals surface area contributed by atoms with E-state index in [1.165, 1.54) is 6.07 Å². The lowest BCUT2D eigenvalue weighted by Gasteiger charge is -2.30. The van der Waals surface area contributed by atoms with Crippen molar-refractivity contribution in [1.29, 1.82) is 5.26 Å². The van der Waals surface area contributed by atoms with Gasteiger partial charge in [0.25, 0.3) is 5.69 Å². The molecule has 0 spiro atoms. The molecule has 0 saturated carbocycles. The molecule has 0 amide bonds. The molecule has 0 radical (unpaired) electrons. The zero-order valence-electron chi connectivity index (χ0n) is 11.0. The van der Waals surface area contributed by atoms with E-state index in [1.807, 2.05) is 18.0 Å². The summed E-state index contributed by atoms with van der Waals surface area (Å²) >= 11 is 0. The van der Waals surface area contributed by atoms with Crippen molar-refractivity contribution in [3.63, 3.8) is 0 Å². The summed E-state index contributed by atoms with van der Waals surface area (Å²) in [5.74, 6) is 0.454. The molecule has 96 valence electrons. The van der Waals surface area contributed by atoms with Crippen molar-refractivity contribution in [2.45, 2.75) is 26.8 Å². The second-order valence-electron chi connectivity index (χ2n) is 4.67. The number of nitro benzene ring substituents is 1. The van der Waals surface area contributed by atoms with Crippen LogP contribution in [0.5, 0.6) is 0 Å². The normalized spacial score (nSPS) is 12.0. The van der Waals surface area contributed by atoms with Gasteiger partial charge in [-0.1, -0.05) is 13.8 Å². The van der Waals surface area contributed by atoms with Crippen LogP contribution in [0.3, 0.4) is 0 Å². The highest BCUT2D eigenvalue weighted by Crippen LogP contribution is 2.26. The molecule has 0 aromatic heterocycles. The first-order valence-electron chi connectivity index (χ1n) is 5.79. The van der Waals surface area contributed by atoms with Crippen LogP contribution in [0.25, 0.3) is 0 Å². The summed E-state index contributed by atoms with van der Waals surface area (Å²) < 4.78 is 0. The molecule has 0 aliphatic carbocycles. The third kappa shape index (κ3) is 2.77. The zero-order valence-corrected chi connectivity index (χ0v) is 11.0. The van der Waals surface area contributed by atoms with E-state index in [4.69, 9.17) is 5.26 Å². The van der Waals surface area contributed by atoms with Crippen molar-refractivity contribution in [2.24, 2.45) is 5.92 Å². The molecule has 0 fully saturated rings. The number of nitrogens with zero attached hydrogens (tertiary/aromatic N) is 3. The molecule has 0 bridgehead atoms. The van der Waals surface area contributed by atoms with Crippen LogP contribution in [-0.2, 0) is 0 Å². The maximum Gasteiger partial charge on any atom is 0.287 e. The predicted molar refractivity (Wildman–Crippen MR) is 70.5 cm³/mol. The molecule has 0 aliphatic rings. The zero-order chi connectivity index (χ0) is 13.9. The average molecular weight is 247 g/mol. The molecule has 1 aromatic carbocycles. The first-order chi connectivity index (χ1) is 8.38. The number of nitro groups is 1. The van der Waals surface area contributed by atoms with Gasteiger partial charge in [-0.3, -0.25) is 10.1 Å². The standard InChI is InChI=1S/C13H17N3O2/c1-9(2)10(3)15(4)12-5-6-13(16(17)18)11(7-12)8-14/h5-7,9-10H,1-4H3. The van der Waals surface area contributed by atoms with Gasteiger partial charge in [0, 0.05) is 24.8 Å². The summed E-state index contributed by atoms with van der Waals surface area (Å²) in [5.41, 5.74) is 0.769. The summed E-state index contributed by atoms with van der Waals surface area (Å²) in [6.45, 7) is 6.30. The van der Waals surface area contributed by atoms with Crippen LogP contribution in [0, 0.1) is 27.4 Å². The Hall–Kier alpha value is -2.09. The summed E-state index contributed by atoms with van der Waals surface area (Å²) in [7, 11) is 1.92. The lowest BCUT2D eigenvalue weighted by Crippen LogP contribution is -2.33. The topological polar surface area (TPSA) is 70.2 Å². The predicted octanol–water partition coefficient (Wildman–Crippen LogP) is 2.95. The molecule has 18 heavy (non-hydrogen) atoms. The van der Waals surface area contributed by atoms with Crippen molar-refractivity contribution < 1.29 is 4.92 Å². The number of hydrogen-bond acceptors (Lipinski definition) is 4. The summed E-state index contributed by atoms with van der Waals surface area (Å²) in [6, 6.07) is 6.79. The summed E-state index contributed by atoms with van der Waals surface area (Å²) in [4.78, 5) is 12.2. The second kappa shape index (κ2) is 5.50. The Morgan fingerprint density at radius 1 is 1.39 bits per heavy atom. The van der Waals surface area contributed by atoms with E-state index >= 15 is 0 Å². The van der Waals surface area contributed by atoms with Gasteiger partial charge in [-0.15, -0.1) is 0 Å². The monoisotopic (exact) mass is 247 g/mol. The highest BCUT2D eigenvalue weighted by molar-refractivity contribution is 5.59. The Morgan fingerprint density at radius 3 is 2.44 bits per heavy atom. The number of anilines is 1. The lowest BCUT2D eigenvalue weighted by atomic mass is 10.0. The van der Waals surface area contributed by atoms with Gasteiger partial charge in [-0.05, 0) is 25.0 Å². The molecular weight excluding hydrogens is 230 g/mol. The third-order valence-corrected chi connectivity index (χ3v) is 3.28. The van der Waals surface area contributed by atoms with E-state index in [0.29, 0.717) is 5.92 Å². The van der Waals surface area contributed by atoms with E-state index in [-0.39, 0.29) is 17.3 Å². The number of nitriles is 1. The fourth-order valence-corrected chi connectivity index (χ4v) is 1.67. The number of benzene rings is 1. The van der Waals surface area contributed by atoms with E-state index in [0.717, 1.165) is 5.69 Å². The molecule has 0 aliphatic heterocycles. The highest BCUT2D eigenvalue weighted by Gasteiger charge is 2.18. The van der Waals surface area contributed by atoms with Gasteiger partial charge < -0.3 is 4.90 Å². The van der Waals surface area contributed by atoms with Crippen LogP contribution >= 0.6 is 0 Å². The quantitative estimate of drug-likeness (QED) is 0.605. The average Bonchev–Trinajstić information content (AvgIpc) is 2.35. The van der Waals surface area contributed by atoms with Gasteiger partial charge in [-0.2, -0.15) is 5.26 Å². The number of hydrogen-bond donors (Lipinski definition) is 0. The molecule has 1 aromatic rings. The smallest absolute Gasteiger partial charge is 0.287 e. The van der Waals surface area contributed by atoms with Crippen LogP contribution in [0.2, 0.25) is 0 Å².